The lowest BCUT2D eigenvalue weighted by atomic mass is 9.88. The van der Waals surface area contributed by atoms with Gasteiger partial charge in [0.15, 0.2) is 0 Å². The largest absolute Gasteiger partial charge is 0.378 e. The van der Waals surface area contributed by atoms with Crippen LogP contribution in [0.15, 0.2) is 36.5 Å². The summed E-state index contributed by atoms with van der Waals surface area (Å²) in [4.78, 5) is 22.3. The van der Waals surface area contributed by atoms with Crippen LogP contribution < -0.4 is 5.32 Å². The zero-order valence-electron chi connectivity index (χ0n) is 18.3. The number of fused-ring (bicyclic) bond motifs is 2. The maximum atomic E-state index is 13.2. The van der Waals surface area contributed by atoms with Crippen LogP contribution in [0.2, 0.25) is 0 Å². The summed E-state index contributed by atoms with van der Waals surface area (Å²) < 4.78 is 5.43. The van der Waals surface area contributed by atoms with E-state index >= 15 is 0 Å². The lowest BCUT2D eigenvalue weighted by molar-refractivity contribution is 0.0301. The van der Waals surface area contributed by atoms with E-state index in [1.807, 2.05) is 29.3 Å². The van der Waals surface area contributed by atoms with Crippen molar-refractivity contribution in [2.75, 3.05) is 39.9 Å². The first kappa shape index (κ1) is 20.6. The van der Waals surface area contributed by atoms with Crippen LogP contribution in [0.3, 0.4) is 0 Å². The lowest BCUT2D eigenvalue weighted by Gasteiger charge is -2.37. The number of pyridine rings is 1. The Morgan fingerprint density at radius 1 is 1.23 bits per heavy atom. The molecule has 3 aliphatic rings. The van der Waals surface area contributed by atoms with Gasteiger partial charge >= 0.3 is 0 Å². The molecule has 1 fully saturated rings. The Morgan fingerprint density at radius 2 is 2.06 bits per heavy atom. The number of carbonyl (C=O) groups is 1. The fraction of sp³-hybridized carbons (Fsp3) is 0.520. The average Bonchev–Trinajstić information content (AvgIpc) is 2.83. The van der Waals surface area contributed by atoms with Crippen LogP contribution in [0.1, 0.15) is 51.6 Å². The van der Waals surface area contributed by atoms with E-state index in [4.69, 9.17) is 9.72 Å². The fourth-order valence-electron chi connectivity index (χ4n) is 5.37. The number of carbonyl (C=O) groups excluding carboxylic acids is 1. The van der Waals surface area contributed by atoms with Crippen LogP contribution in [0, 0.1) is 0 Å². The highest BCUT2D eigenvalue weighted by Crippen LogP contribution is 2.32. The van der Waals surface area contributed by atoms with Crippen molar-refractivity contribution >= 4 is 5.91 Å². The Kier molecular flexibility index (Phi) is 6.03. The van der Waals surface area contributed by atoms with Crippen LogP contribution in [-0.4, -0.2) is 66.6 Å². The van der Waals surface area contributed by atoms with E-state index in [-0.39, 0.29) is 5.91 Å². The maximum Gasteiger partial charge on any atom is 0.254 e. The molecule has 0 radical (unpaired) electrons. The number of ether oxygens (including phenoxy) is 1. The van der Waals surface area contributed by atoms with Gasteiger partial charge in [-0.25, -0.2) is 0 Å². The fourth-order valence-corrected chi connectivity index (χ4v) is 5.37. The molecule has 2 aliphatic heterocycles. The summed E-state index contributed by atoms with van der Waals surface area (Å²) in [5, 5.41) is 3.71. The van der Waals surface area contributed by atoms with E-state index in [1.165, 1.54) is 28.8 Å². The Bertz CT molecular complexity index is 941. The minimum absolute atomic E-state index is 0.152. The minimum atomic E-state index is 0.152. The molecule has 5 rings (SSSR count). The predicted molar refractivity (Wildman–Crippen MR) is 120 cm³/mol. The molecule has 31 heavy (non-hydrogen) atoms. The van der Waals surface area contributed by atoms with Crippen LogP contribution in [-0.2, 0) is 24.1 Å². The average molecular weight is 421 g/mol. The van der Waals surface area contributed by atoms with E-state index in [1.54, 1.807) is 0 Å². The number of hydrogen-bond acceptors (Lipinski definition) is 5. The van der Waals surface area contributed by atoms with E-state index < -0.39 is 0 Å². The number of hydrogen-bond donors (Lipinski definition) is 1. The molecule has 1 aliphatic carbocycles. The van der Waals surface area contributed by atoms with Gasteiger partial charge in [0.25, 0.3) is 5.91 Å². The van der Waals surface area contributed by atoms with Crippen LogP contribution in [0.25, 0.3) is 0 Å². The summed E-state index contributed by atoms with van der Waals surface area (Å²) >= 11 is 0. The number of likely N-dealkylation sites (N-methyl/N-ethyl adjacent to an activating group) is 1. The molecule has 2 aromatic rings. The molecule has 1 aromatic carbocycles. The molecule has 0 spiro atoms. The van der Waals surface area contributed by atoms with Crippen molar-refractivity contribution in [2.24, 2.45) is 0 Å². The Morgan fingerprint density at radius 3 is 2.94 bits per heavy atom. The Hall–Kier alpha value is -2.28. The molecule has 164 valence electrons. The number of nitrogens with zero attached hydrogens (tertiary/aromatic N) is 3. The number of nitrogens with one attached hydrogen (secondary N) is 1. The summed E-state index contributed by atoms with van der Waals surface area (Å²) in [5.74, 6) is 0.152. The molecule has 1 saturated heterocycles. The molecule has 0 saturated carbocycles. The van der Waals surface area contributed by atoms with Gasteiger partial charge in [-0.15, -0.1) is 0 Å². The molecule has 3 heterocycles. The van der Waals surface area contributed by atoms with E-state index in [0.29, 0.717) is 38.4 Å². The number of aromatic nitrogens is 1. The van der Waals surface area contributed by atoms with E-state index in [0.717, 1.165) is 37.9 Å². The van der Waals surface area contributed by atoms with Crippen LogP contribution in [0.5, 0.6) is 0 Å². The standard InChI is InChI=1S/C25H32N4O2/c1-28(23-9-3-5-18-7-4-10-26-24(18)23)17-20-15-22-19(16-27-20)6-2-8-21(22)25(30)29-11-13-31-14-12-29/h2,4,6-8,10,20,23,27H,3,5,9,11-17H2,1H3/t20-,23+/m1/s1. The van der Waals surface area contributed by atoms with Crippen LogP contribution in [0.4, 0.5) is 0 Å². The van der Waals surface area contributed by atoms with Gasteiger partial charge < -0.3 is 15.0 Å². The second-order valence-corrected chi connectivity index (χ2v) is 9.03. The number of amides is 1. The van der Waals surface area contributed by atoms with Crippen molar-refractivity contribution in [2.45, 2.75) is 44.3 Å². The van der Waals surface area contributed by atoms with Gasteiger partial charge in [-0.1, -0.05) is 18.2 Å². The summed E-state index contributed by atoms with van der Waals surface area (Å²) in [6, 6.07) is 11.1. The Labute approximate surface area is 184 Å². The molecule has 6 heteroatoms. The third-order valence-corrected chi connectivity index (χ3v) is 7.04. The molecular formula is C25H32N4O2. The summed E-state index contributed by atoms with van der Waals surface area (Å²) in [5.41, 5.74) is 5.99. The first-order valence-corrected chi connectivity index (χ1v) is 11.6. The predicted octanol–water partition coefficient (Wildman–Crippen LogP) is 2.58. The lowest BCUT2D eigenvalue weighted by Crippen LogP contribution is -2.46. The zero-order valence-corrected chi connectivity index (χ0v) is 18.3. The van der Waals surface area contributed by atoms with Crippen molar-refractivity contribution in [1.29, 1.82) is 0 Å². The van der Waals surface area contributed by atoms with Gasteiger partial charge in [-0.05, 0) is 61.6 Å². The molecular weight excluding hydrogens is 388 g/mol. The molecule has 1 N–H and O–H groups in total. The molecule has 0 unspecified atom stereocenters. The summed E-state index contributed by atoms with van der Waals surface area (Å²) in [7, 11) is 2.22. The third kappa shape index (κ3) is 4.25. The molecule has 1 aromatic heterocycles. The second-order valence-electron chi connectivity index (χ2n) is 9.03. The SMILES string of the molecule is CN(C[C@H]1Cc2c(cccc2C(=O)N2CCOCC2)CN1)[C@H]1CCCc2cccnc21. The molecule has 1 amide bonds. The van der Waals surface area contributed by atoms with Crippen LogP contribution >= 0.6 is 0 Å². The Balaban J connectivity index is 1.31. The summed E-state index contributed by atoms with van der Waals surface area (Å²) in [6.45, 7) is 4.39. The van der Waals surface area contributed by atoms with Crippen molar-refractivity contribution in [3.05, 3.63) is 64.5 Å². The highest BCUT2D eigenvalue weighted by molar-refractivity contribution is 5.96. The number of benzene rings is 1. The topological polar surface area (TPSA) is 57.7 Å². The van der Waals surface area contributed by atoms with Crippen molar-refractivity contribution < 1.29 is 9.53 Å². The first-order chi connectivity index (χ1) is 15.2. The third-order valence-electron chi connectivity index (χ3n) is 7.04. The van der Waals surface area contributed by atoms with E-state index in [2.05, 4.69) is 29.4 Å². The number of morpholine rings is 1. The van der Waals surface area contributed by atoms with Gasteiger partial charge in [0.2, 0.25) is 0 Å². The van der Waals surface area contributed by atoms with Gasteiger partial charge in [0.05, 0.1) is 24.9 Å². The quantitative estimate of drug-likeness (QED) is 0.824. The highest BCUT2D eigenvalue weighted by atomic mass is 16.5. The monoisotopic (exact) mass is 420 g/mol. The van der Waals surface area contributed by atoms with Gasteiger partial charge in [-0.2, -0.15) is 0 Å². The van der Waals surface area contributed by atoms with Crippen molar-refractivity contribution in [3.8, 4) is 0 Å². The smallest absolute Gasteiger partial charge is 0.254 e. The number of aryl methyl sites for hydroxylation is 1. The van der Waals surface area contributed by atoms with Gasteiger partial charge in [0, 0.05) is 44.0 Å². The molecule has 0 bridgehead atoms. The van der Waals surface area contributed by atoms with E-state index in [9.17, 15) is 4.79 Å². The van der Waals surface area contributed by atoms with Gasteiger partial charge in [-0.3, -0.25) is 14.7 Å². The minimum Gasteiger partial charge on any atom is -0.378 e. The normalized spacial score (nSPS) is 23.4. The number of rotatable bonds is 4. The highest BCUT2D eigenvalue weighted by Gasteiger charge is 2.30. The molecule has 6 nitrogen and oxygen atoms in total. The zero-order chi connectivity index (χ0) is 21.2. The summed E-state index contributed by atoms with van der Waals surface area (Å²) in [6.07, 6.45) is 6.31. The second kappa shape index (κ2) is 9.07. The van der Waals surface area contributed by atoms with Crippen molar-refractivity contribution in [1.82, 2.24) is 20.1 Å². The van der Waals surface area contributed by atoms with Gasteiger partial charge in [0.1, 0.15) is 0 Å². The molecule has 2 atom stereocenters. The maximum absolute atomic E-state index is 13.2. The van der Waals surface area contributed by atoms with Crippen molar-refractivity contribution in [3.63, 3.8) is 0 Å². The first-order valence-electron chi connectivity index (χ1n) is 11.6.